The number of nitrogens with zero attached hydrogens (tertiary/aromatic N) is 5. The second-order valence-electron chi connectivity index (χ2n) is 10.7. The zero-order valence-corrected chi connectivity index (χ0v) is 23.0. The van der Waals surface area contributed by atoms with Crippen LogP contribution in [0.2, 0.25) is 10.0 Å². The summed E-state index contributed by atoms with van der Waals surface area (Å²) in [5.41, 5.74) is 4.05. The van der Waals surface area contributed by atoms with Crippen molar-refractivity contribution in [2.24, 2.45) is 5.92 Å². The molecular formula is C28H27Cl2N7O3. The Morgan fingerprint density at radius 1 is 1.12 bits per heavy atom. The number of nitrogens with one attached hydrogen (secondary N) is 2. The summed E-state index contributed by atoms with van der Waals surface area (Å²) in [5.74, 6) is 1.98. The fourth-order valence-corrected chi connectivity index (χ4v) is 6.56. The van der Waals surface area contributed by atoms with Crippen LogP contribution < -0.4 is 10.2 Å². The first-order valence-corrected chi connectivity index (χ1v) is 14.2. The molecule has 12 heteroatoms. The number of aromatic nitrogens is 5. The van der Waals surface area contributed by atoms with Crippen LogP contribution in [0.25, 0.3) is 11.3 Å². The summed E-state index contributed by atoms with van der Waals surface area (Å²) < 4.78 is 12.4. The first-order chi connectivity index (χ1) is 19.5. The Labute approximate surface area is 240 Å². The Kier molecular flexibility index (Phi) is 6.69. The fraction of sp³-hybridized carbons (Fsp3) is 0.393. The van der Waals surface area contributed by atoms with Crippen LogP contribution in [0.5, 0.6) is 0 Å². The molecule has 3 heterocycles. The minimum Gasteiger partial charge on any atom is -0.373 e. The maximum Gasteiger partial charge on any atom is 0.251 e. The Morgan fingerprint density at radius 2 is 1.93 bits per heavy atom. The number of hydrogen-bond acceptors (Lipinski definition) is 8. The number of ether oxygens (including phenoxy) is 1. The third kappa shape index (κ3) is 4.84. The molecule has 3 aliphatic rings. The van der Waals surface area contributed by atoms with Crippen molar-refractivity contribution in [1.29, 1.82) is 0 Å². The summed E-state index contributed by atoms with van der Waals surface area (Å²) in [5, 5.41) is 21.9. The lowest BCUT2D eigenvalue weighted by Crippen LogP contribution is -2.38. The van der Waals surface area contributed by atoms with E-state index in [1.165, 1.54) is 0 Å². The second kappa shape index (κ2) is 10.5. The van der Waals surface area contributed by atoms with Crippen molar-refractivity contribution >= 4 is 34.8 Å². The van der Waals surface area contributed by atoms with Crippen LogP contribution >= 0.6 is 23.2 Å². The number of H-pyrrole nitrogens is 1. The molecule has 0 unspecified atom stereocenters. The predicted octanol–water partition coefficient (Wildman–Crippen LogP) is 5.15. The van der Waals surface area contributed by atoms with Gasteiger partial charge in [0.15, 0.2) is 5.82 Å². The van der Waals surface area contributed by atoms with Crippen LogP contribution in [-0.4, -0.2) is 50.4 Å². The molecule has 2 aliphatic carbocycles. The van der Waals surface area contributed by atoms with Gasteiger partial charge in [-0.15, -0.1) is 10.2 Å². The molecule has 3 fully saturated rings. The van der Waals surface area contributed by atoms with Gasteiger partial charge in [0.1, 0.15) is 11.5 Å². The van der Waals surface area contributed by atoms with Gasteiger partial charge in [-0.05, 0) is 62.1 Å². The first-order valence-electron chi connectivity index (χ1n) is 13.5. The number of carbonyl (C=O) groups is 1. The maximum absolute atomic E-state index is 12.5. The zero-order valence-electron chi connectivity index (χ0n) is 21.5. The van der Waals surface area contributed by atoms with E-state index in [0.717, 1.165) is 49.2 Å². The minimum absolute atomic E-state index is 0.160. The van der Waals surface area contributed by atoms with Crippen LogP contribution in [0.1, 0.15) is 59.1 Å². The number of anilines is 1. The van der Waals surface area contributed by atoms with E-state index < -0.39 is 0 Å². The molecule has 1 amide bonds. The van der Waals surface area contributed by atoms with Gasteiger partial charge in [-0.2, -0.15) is 5.21 Å². The van der Waals surface area contributed by atoms with Gasteiger partial charge in [0, 0.05) is 46.8 Å². The summed E-state index contributed by atoms with van der Waals surface area (Å²) in [6, 6.07) is 13.6. The van der Waals surface area contributed by atoms with E-state index in [0.29, 0.717) is 57.2 Å². The summed E-state index contributed by atoms with van der Waals surface area (Å²) in [4.78, 5) is 14.9. The molecule has 7 rings (SSSR count). The predicted molar refractivity (Wildman–Crippen MR) is 148 cm³/mol. The molecule has 206 valence electrons. The number of aromatic amines is 1. The molecule has 0 spiro atoms. The Morgan fingerprint density at radius 3 is 2.60 bits per heavy atom. The van der Waals surface area contributed by atoms with Gasteiger partial charge in [0.2, 0.25) is 0 Å². The van der Waals surface area contributed by atoms with E-state index in [9.17, 15) is 4.79 Å². The lowest BCUT2D eigenvalue weighted by atomic mass is 10.0. The van der Waals surface area contributed by atoms with Crippen molar-refractivity contribution in [1.82, 2.24) is 31.1 Å². The summed E-state index contributed by atoms with van der Waals surface area (Å²) in [7, 11) is 0. The van der Waals surface area contributed by atoms with Gasteiger partial charge in [-0.25, -0.2) is 0 Å². The maximum atomic E-state index is 12.5. The summed E-state index contributed by atoms with van der Waals surface area (Å²) in [6.45, 7) is 1.56. The van der Waals surface area contributed by atoms with Gasteiger partial charge in [-0.1, -0.05) is 39.6 Å². The lowest BCUT2D eigenvalue weighted by molar-refractivity contribution is 0.0122. The Balaban J connectivity index is 0.994. The summed E-state index contributed by atoms with van der Waals surface area (Å²) >= 11 is 13.0. The molecule has 2 aromatic carbocycles. The summed E-state index contributed by atoms with van der Waals surface area (Å²) in [6.07, 6.45) is 4.39. The smallest absolute Gasteiger partial charge is 0.251 e. The quantitative estimate of drug-likeness (QED) is 0.279. The average molecular weight is 580 g/mol. The number of piperidine rings is 1. The Hall–Kier alpha value is -3.47. The molecule has 1 aliphatic heterocycles. The third-order valence-electron chi connectivity index (χ3n) is 8.14. The van der Waals surface area contributed by atoms with E-state index in [1.807, 2.05) is 42.5 Å². The van der Waals surface area contributed by atoms with E-state index in [1.54, 1.807) is 0 Å². The van der Waals surface area contributed by atoms with Gasteiger partial charge in [0.25, 0.3) is 5.91 Å². The SMILES string of the molecule is O=C(NCc1nn[nH]n1)c1ccc(N2C[C@@H]3C[C@H]2C[C@H]3OCc2c(-c3c(Cl)cccc3Cl)noc2C2CC2)cc1. The minimum atomic E-state index is -0.176. The average Bonchev–Trinajstić information content (AvgIpc) is 3.33. The molecule has 2 N–H and O–H groups in total. The van der Waals surface area contributed by atoms with Crippen LogP contribution in [-0.2, 0) is 17.9 Å². The van der Waals surface area contributed by atoms with Gasteiger partial charge < -0.3 is 19.5 Å². The van der Waals surface area contributed by atoms with E-state index in [4.69, 9.17) is 32.5 Å². The van der Waals surface area contributed by atoms with Crippen molar-refractivity contribution in [2.45, 2.75) is 56.9 Å². The van der Waals surface area contributed by atoms with Gasteiger partial charge >= 0.3 is 0 Å². The molecule has 0 radical (unpaired) electrons. The number of fused-ring (bicyclic) bond motifs is 2. The molecule has 40 heavy (non-hydrogen) atoms. The second-order valence-corrected chi connectivity index (χ2v) is 11.5. The molecule has 4 aromatic rings. The molecular weight excluding hydrogens is 553 g/mol. The number of carbonyl (C=O) groups excluding carboxylic acids is 1. The van der Waals surface area contributed by atoms with Crippen molar-refractivity contribution < 1.29 is 14.1 Å². The number of amides is 1. The highest BCUT2D eigenvalue weighted by atomic mass is 35.5. The highest BCUT2D eigenvalue weighted by Crippen LogP contribution is 2.47. The number of benzene rings is 2. The van der Waals surface area contributed by atoms with Crippen molar-refractivity contribution in [2.75, 3.05) is 11.4 Å². The Bertz CT molecular complexity index is 1500. The molecule has 2 bridgehead atoms. The lowest BCUT2D eigenvalue weighted by Gasteiger charge is -2.33. The van der Waals surface area contributed by atoms with E-state index in [-0.39, 0.29) is 18.6 Å². The first kappa shape index (κ1) is 25.5. The standard InChI is InChI=1S/C28H27Cl2N7O3/c29-21-2-1-3-22(30)25(21)26-20(27(40-34-26)15-4-5-15)14-39-23-11-19-10-17(23)13-37(19)18-8-6-16(7-9-18)28(38)31-12-24-32-35-36-33-24/h1-3,6-9,15,17,19,23H,4-5,10-14H2,(H,31,38)(H,32,33,35,36)/t17-,19-,23+/m0/s1. The molecule has 10 nitrogen and oxygen atoms in total. The van der Waals surface area contributed by atoms with Crippen molar-refractivity contribution in [3.63, 3.8) is 0 Å². The van der Waals surface area contributed by atoms with Crippen molar-refractivity contribution in [3.05, 3.63) is 75.2 Å². The van der Waals surface area contributed by atoms with Gasteiger partial charge in [0.05, 0.1) is 29.3 Å². The number of rotatable bonds is 9. The fourth-order valence-electron chi connectivity index (χ4n) is 5.99. The number of halogens is 2. The van der Waals surface area contributed by atoms with E-state index in [2.05, 4.69) is 36.0 Å². The van der Waals surface area contributed by atoms with Crippen LogP contribution in [0, 0.1) is 5.92 Å². The van der Waals surface area contributed by atoms with Crippen LogP contribution in [0.3, 0.4) is 0 Å². The molecule has 1 saturated heterocycles. The van der Waals surface area contributed by atoms with Gasteiger partial charge in [-0.3, -0.25) is 4.79 Å². The van der Waals surface area contributed by atoms with Crippen LogP contribution in [0.15, 0.2) is 47.0 Å². The van der Waals surface area contributed by atoms with E-state index >= 15 is 0 Å². The monoisotopic (exact) mass is 579 g/mol. The number of hydrogen-bond donors (Lipinski definition) is 2. The highest BCUT2D eigenvalue weighted by Gasteiger charge is 2.45. The molecule has 2 aromatic heterocycles. The topological polar surface area (TPSA) is 122 Å². The van der Waals surface area contributed by atoms with Crippen molar-refractivity contribution in [3.8, 4) is 11.3 Å². The van der Waals surface area contributed by atoms with Crippen LogP contribution in [0.4, 0.5) is 5.69 Å². The molecule has 2 saturated carbocycles. The number of tetrazole rings is 1. The largest absolute Gasteiger partial charge is 0.373 e. The highest BCUT2D eigenvalue weighted by molar-refractivity contribution is 6.39. The molecule has 3 atom stereocenters. The normalized spacial score (nSPS) is 21.8. The third-order valence-corrected chi connectivity index (χ3v) is 8.77. The zero-order chi connectivity index (χ0) is 27.2.